The topological polar surface area (TPSA) is 98.2 Å². The van der Waals surface area contributed by atoms with Crippen molar-refractivity contribution in [3.63, 3.8) is 0 Å². The van der Waals surface area contributed by atoms with Crippen molar-refractivity contribution in [3.8, 4) is 0 Å². The first-order valence-corrected chi connectivity index (χ1v) is 12.2. The molecule has 1 aromatic rings. The highest BCUT2D eigenvalue weighted by molar-refractivity contribution is 7.89. The van der Waals surface area contributed by atoms with Crippen molar-refractivity contribution in [2.45, 2.75) is 30.9 Å². The van der Waals surface area contributed by atoms with Gasteiger partial charge in [-0.1, -0.05) is 12.2 Å². The molecule has 2 heterocycles. The maximum atomic E-state index is 13.2. The predicted molar refractivity (Wildman–Crippen MR) is 117 cm³/mol. The third-order valence-corrected chi connectivity index (χ3v) is 8.36. The number of hydrogen-bond acceptors (Lipinski definition) is 5. The van der Waals surface area contributed by atoms with Gasteiger partial charge in [-0.25, -0.2) is 12.8 Å². The first-order chi connectivity index (χ1) is 15.3. The van der Waals surface area contributed by atoms with Gasteiger partial charge in [0, 0.05) is 50.5 Å². The van der Waals surface area contributed by atoms with E-state index in [1.54, 1.807) is 29.2 Å². The molecule has 0 bridgehead atoms. The SMILES string of the molecule is O=C(O)CCC(=O)N1CCC2=CC(S(=O)(=O)N3CCN(c4ccc(F)cc4)CC3)CC=C21. The Bertz CT molecular complexity index is 1060. The molecule has 1 aromatic carbocycles. The zero-order chi connectivity index (χ0) is 22.9. The molecule has 0 aromatic heterocycles. The highest BCUT2D eigenvalue weighted by Crippen LogP contribution is 2.35. The number of halogens is 1. The summed E-state index contributed by atoms with van der Waals surface area (Å²) in [4.78, 5) is 26.7. The van der Waals surface area contributed by atoms with E-state index in [1.165, 1.54) is 16.4 Å². The Morgan fingerprint density at radius 3 is 2.38 bits per heavy atom. The second-order valence-corrected chi connectivity index (χ2v) is 10.3. The van der Waals surface area contributed by atoms with Crippen LogP contribution >= 0.6 is 0 Å². The number of carboxylic acids is 1. The number of aliphatic carboxylic acids is 1. The summed E-state index contributed by atoms with van der Waals surface area (Å²) >= 11 is 0. The van der Waals surface area contributed by atoms with Gasteiger partial charge in [-0.2, -0.15) is 4.31 Å². The lowest BCUT2D eigenvalue weighted by Gasteiger charge is -2.37. The number of allylic oxidation sites excluding steroid dienone is 2. The number of carbonyl (C=O) groups excluding carboxylic acids is 1. The van der Waals surface area contributed by atoms with E-state index in [2.05, 4.69) is 0 Å². The van der Waals surface area contributed by atoms with E-state index >= 15 is 0 Å². The van der Waals surface area contributed by atoms with Crippen LogP contribution in [0.2, 0.25) is 0 Å². The number of nitrogens with zero attached hydrogens (tertiary/aromatic N) is 3. The molecule has 10 heteroatoms. The van der Waals surface area contributed by atoms with E-state index in [1.807, 2.05) is 4.90 Å². The lowest BCUT2D eigenvalue weighted by atomic mass is 10.0. The molecule has 0 saturated carbocycles. The Hall–Kier alpha value is -2.72. The number of hydrogen-bond donors (Lipinski definition) is 1. The molecule has 1 amide bonds. The second kappa shape index (κ2) is 9.03. The van der Waals surface area contributed by atoms with Gasteiger partial charge in [0.05, 0.1) is 11.7 Å². The minimum absolute atomic E-state index is 0.0694. The summed E-state index contributed by atoms with van der Waals surface area (Å²) < 4.78 is 41.2. The van der Waals surface area contributed by atoms with Gasteiger partial charge in [0.25, 0.3) is 0 Å². The van der Waals surface area contributed by atoms with Crippen molar-refractivity contribution >= 4 is 27.6 Å². The molecule has 2 aliphatic heterocycles. The monoisotopic (exact) mass is 463 g/mol. The van der Waals surface area contributed by atoms with E-state index in [0.717, 1.165) is 11.3 Å². The molecule has 4 rings (SSSR count). The Labute approximate surface area is 186 Å². The molecule has 8 nitrogen and oxygen atoms in total. The maximum Gasteiger partial charge on any atom is 0.303 e. The largest absolute Gasteiger partial charge is 0.481 e. The van der Waals surface area contributed by atoms with Crippen LogP contribution in [-0.4, -0.2) is 72.6 Å². The molecule has 1 atom stereocenters. The zero-order valence-electron chi connectivity index (χ0n) is 17.6. The van der Waals surface area contributed by atoms with Crippen LogP contribution in [0.15, 0.2) is 47.7 Å². The normalized spacial score (nSPS) is 21.7. The van der Waals surface area contributed by atoms with Crippen LogP contribution in [0.25, 0.3) is 0 Å². The summed E-state index contributed by atoms with van der Waals surface area (Å²) in [5, 5.41) is 8.12. The average Bonchev–Trinajstić information content (AvgIpc) is 3.21. The summed E-state index contributed by atoms with van der Waals surface area (Å²) in [5.41, 5.74) is 2.42. The van der Waals surface area contributed by atoms with Crippen molar-refractivity contribution in [1.82, 2.24) is 9.21 Å². The Balaban J connectivity index is 1.38. The van der Waals surface area contributed by atoms with Crippen molar-refractivity contribution in [3.05, 3.63) is 53.5 Å². The van der Waals surface area contributed by atoms with E-state index < -0.39 is 21.2 Å². The van der Waals surface area contributed by atoms with Crippen LogP contribution < -0.4 is 4.90 Å². The fraction of sp³-hybridized carbons (Fsp3) is 0.455. The van der Waals surface area contributed by atoms with Gasteiger partial charge in [-0.05, 0) is 42.7 Å². The van der Waals surface area contributed by atoms with E-state index in [0.29, 0.717) is 44.8 Å². The van der Waals surface area contributed by atoms with Crippen LogP contribution in [0.5, 0.6) is 0 Å². The second-order valence-electron chi connectivity index (χ2n) is 8.15. The molecule has 32 heavy (non-hydrogen) atoms. The number of rotatable bonds is 6. The van der Waals surface area contributed by atoms with Gasteiger partial charge in [-0.15, -0.1) is 0 Å². The molecule has 2 fully saturated rings. The first kappa shape index (κ1) is 22.5. The summed E-state index contributed by atoms with van der Waals surface area (Å²) in [7, 11) is -3.55. The number of carbonyl (C=O) groups is 2. The molecular weight excluding hydrogens is 437 g/mol. The Morgan fingerprint density at radius 2 is 1.72 bits per heavy atom. The molecule has 3 aliphatic rings. The number of anilines is 1. The number of piperazine rings is 1. The summed E-state index contributed by atoms with van der Waals surface area (Å²) in [5.74, 6) is -1.57. The summed E-state index contributed by atoms with van der Waals surface area (Å²) in [6.07, 6.45) is 4.10. The summed E-state index contributed by atoms with van der Waals surface area (Å²) in [6.45, 7) is 2.22. The van der Waals surface area contributed by atoms with Crippen LogP contribution in [-0.2, 0) is 19.6 Å². The molecule has 0 radical (unpaired) electrons. The van der Waals surface area contributed by atoms with Gasteiger partial charge >= 0.3 is 5.97 Å². The summed E-state index contributed by atoms with van der Waals surface area (Å²) in [6, 6.07) is 6.18. The highest BCUT2D eigenvalue weighted by Gasteiger charge is 2.37. The number of benzene rings is 1. The van der Waals surface area contributed by atoms with Gasteiger partial charge in [-0.3, -0.25) is 9.59 Å². The highest BCUT2D eigenvalue weighted by atomic mass is 32.2. The van der Waals surface area contributed by atoms with Gasteiger partial charge in [0.2, 0.25) is 15.9 Å². The van der Waals surface area contributed by atoms with Gasteiger partial charge in [0.15, 0.2) is 0 Å². The molecule has 1 N–H and O–H groups in total. The Kier molecular flexibility index (Phi) is 6.34. The molecule has 1 unspecified atom stereocenters. The fourth-order valence-electron chi connectivity index (χ4n) is 4.44. The van der Waals surface area contributed by atoms with Crippen molar-refractivity contribution < 1.29 is 27.5 Å². The number of amides is 1. The van der Waals surface area contributed by atoms with E-state index in [4.69, 9.17) is 5.11 Å². The van der Waals surface area contributed by atoms with Crippen LogP contribution in [0.1, 0.15) is 25.7 Å². The minimum Gasteiger partial charge on any atom is -0.481 e. The fourth-order valence-corrected chi connectivity index (χ4v) is 6.17. The van der Waals surface area contributed by atoms with E-state index in [9.17, 15) is 22.4 Å². The maximum absolute atomic E-state index is 13.2. The van der Waals surface area contributed by atoms with Gasteiger partial charge < -0.3 is 14.9 Å². The van der Waals surface area contributed by atoms with Gasteiger partial charge in [0.1, 0.15) is 5.82 Å². The zero-order valence-corrected chi connectivity index (χ0v) is 18.4. The lowest BCUT2D eigenvalue weighted by molar-refractivity contribution is -0.140. The molecular formula is C22H26FN3O5S. The van der Waals surface area contributed by atoms with Crippen molar-refractivity contribution in [2.24, 2.45) is 0 Å². The van der Waals surface area contributed by atoms with Crippen molar-refractivity contribution in [2.75, 3.05) is 37.6 Å². The standard InChI is InChI=1S/C22H26FN3O5S/c23-17-1-3-18(4-2-17)24-11-13-25(14-12-24)32(30,31)19-5-6-20-16(15-19)9-10-26(20)21(27)7-8-22(28)29/h1-4,6,15,19H,5,7-14H2,(H,28,29). The van der Waals surface area contributed by atoms with Crippen LogP contribution in [0.3, 0.4) is 0 Å². The molecule has 0 spiro atoms. The molecule has 2 saturated heterocycles. The van der Waals surface area contributed by atoms with Crippen LogP contribution in [0.4, 0.5) is 10.1 Å². The number of likely N-dealkylation sites (tertiary alicyclic amines) is 1. The Morgan fingerprint density at radius 1 is 1.03 bits per heavy atom. The minimum atomic E-state index is -3.55. The quantitative estimate of drug-likeness (QED) is 0.693. The number of fused-ring (bicyclic) bond motifs is 1. The predicted octanol–water partition coefficient (Wildman–Crippen LogP) is 1.96. The molecule has 1 aliphatic carbocycles. The average molecular weight is 464 g/mol. The third-order valence-electron chi connectivity index (χ3n) is 6.18. The van der Waals surface area contributed by atoms with Crippen molar-refractivity contribution in [1.29, 1.82) is 0 Å². The van der Waals surface area contributed by atoms with Crippen LogP contribution in [0, 0.1) is 5.82 Å². The molecule has 172 valence electrons. The lowest BCUT2D eigenvalue weighted by Crippen LogP contribution is -2.51. The first-order valence-electron chi connectivity index (χ1n) is 10.7. The third kappa shape index (κ3) is 4.56. The number of sulfonamides is 1. The number of carboxylic acid groups (broad SMARTS) is 1. The smallest absolute Gasteiger partial charge is 0.303 e. The van der Waals surface area contributed by atoms with E-state index in [-0.39, 0.29) is 31.0 Å².